The predicted molar refractivity (Wildman–Crippen MR) is 105 cm³/mol. The number of aromatic nitrogens is 2. The lowest BCUT2D eigenvalue weighted by Crippen LogP contribution is -2.28. The van der Waals surface area contributed by atoms with E-state index in [9.17, 15) is 18.4 Å². The van der Waals surface area contributed by atoms with Crippen molar-refractivity contribution in [1.29, 1.82) is 0 Å². The van der Waals surface area contributed by atoms with Crippen molar-refractivity contribution in [2.24, 2.45) is 0 Å². The Bertz CT molecular complexity index is 1310. The molecule has 0 radical (unpaired) electrons. The van der Waals surface area contributed by atoms with Crippen molar-refractivity contribution in [2.75, 3.05) is 5.32 Å². The number of carbonyl (C=O) groups excluding carboxylic acids is 2. The van der Waals surface area contributed by atoms with Gasteiger partial charge < -0.3 is 9.73 Å². The molecular weight excluding hydrogens is 392 g/mol. The molecule has 1 atom stereocenters. The summed E-state index contributed by atoms with van der Waals surface area (Å²) in [4.78, 5) is 25.6. The molecular formula is C22H15F2N3O3. The molecule has 5 rings (SSSR count). The average molecular weight is 407 g/mol. The maximum atomic E-state index is 14.4. The number of amides is 1. The maximum Gasteiger partial charge on any atom is 0.226 e. The van der Waals surface area contributed by atoms with Crippen LogP contribution in [0.3, 0.4) is 0 Å². The molecule has 30 heavy (non-hydrogen) atoms. The number of benzene rings is 2. The summed E-state index contributed by atoms with van der Waals surface area (Å²) in [5, 5.41) is 7.76. The number of fused-ring (bicyclic) bond motifs is 2. The Kier molecular flexibility index (Phi) is 4.02. The summed E-state index contributed by atoms with van der Waals surface area (Å²) in [5.74, 6) is -2.81. The minimum absolute atomic E-state index is 0.0297. The molecule has 2 aromatic heterocycles. The molecule has 0 saturated heterocycles. The van der Waals surface area contributed by atoms with Crippen LogP contribution in [0.15, 0.2) is 52.9 Å². The summed E-state index contributed by atoms with van der Waals surface area (Å²) in [7, 11) is 0. The van der Waals surface area contributed by atoms with Gasteiger partial charge in [-0.05, 0) is 31.2 Å². The van der Waals surface area contributed by atoms with Crippen LogP contribution in [0.4, 0.5) is 14.6 Å². The van der Waals surface area contributed by atoms with Crippen molar-refractivity contribution >= 4 is 28.5 Å². The summed E-state index contributed by atoms with van der Waals surface area (Å²) >= 11 is 0. The van der Waals surface area contributed by atoms with Crippen molar-refractivity contribution in [2.45, 2.75) is 19.3 Å². The molecule has 2 aromatic carbocycles. The van der Waals surface area contributed by atoms with Gasteiger partial charge in [-0.25, -0.2) is 13.5 Å². The van der Waals surface area contributed by atoms with Gasteiger partial charge in [0.2, 0.25) is 11.7 Å². The van der Waals surface area contributed by atoms with Crippen LogP contribution in [0.2, 0.25) is 0 Å². The first-order valence-corrected chi connectivity index (χ1v) is 9.30. The number of para-hydroxylation sites is 1. The number of nitrogens with zero attached hydrogens (tertiary/aromatic N) is 2. The molecule has 150 valence electrons. The molecule has 0 unspecified atom stereocenters. The molecule has 1 aliphatic rings. The molecule has 3 heterocycles. The Labute approximate surface area is 169 Å². The largest absolute Gasteiger partial charge is 0.453 e. The number of furan rings is 1. The van der Waals surface area contributed by atoms with Crippen LogP contribution in [0, 0.1) is 18.6 Å². The van der Waals surface area contributed by atoms with E-state index in [-0.39, 0.29) is 29.5 Å². The monoisotopic (exact) mass is 407 g/mol. The SMILES string of the molecule is Cc1nn(-c2ccc(F)cc2F)c2c1[C@H](C(=O)c1cc3ccccc3o1)CC(=O)N2. The fourth-order valence-corrected chi connectivity index (χ4v) is 3.87. The Morgan fingerprint density at radius 1 is 1.20 bits per heavy atom. The van der Waals surface area contributed by atoms with Crippen LogP contribution < -0.4 is 5.32 Å². The number of ketones is 1. The molecule has 1 aliphatic heterocycles. The number of aryl methyl sites for hydroxylation is 1. The zero-order valence-electron chi connectivity index (χ0n) is 15.8. The average Bonchev–Trinajstić information content (AvgIpc) is 3.28. The predicted octanol–water partition coefficient (Wildman–Crippen LogP) is 4.51. The van der Waals surface area contributed by atoms with Crippen molar-refractivity contribution < 1.29 is 22.8 Å². The van der Waals surface area contributed by atoms with E-state index < -0.39 is 23.5 Å². The van der Waals surface area contributed by atoms with Gasteiger partial charge in [0.1, 0.15) is 22.9 Å². The third-order valence-electron chi connectivity index (χ3n) is 5.23. The molecule has 8 heteroatoms. The highest BCUT2D eigenvalue weighted by Crippen LogP contribution is 2.39. The van der Waals surface area contributed by atoms with E-state index in [4.69, 9.17) is 4.42 Å². The second-order valence-electron chi connectivity index (χ2n) is 7.17. The Morgan fingerprint density at radius 2 is 2.00 bits per heavy atom. The van der Waals surface area contributed by atoms with Crippen LogP contribution in [-0.4, -0.2) is 21.5 Å². The van der Waals surface area contributed by atoms with E-state index in [0.29, 0.717) is 16.8 Å². The van der Waals surface area contributed by atoms with E-state index in [1.807, 2.05) is 12.1 Å². The number of halogens is 2. The minimum atomic E-state index is -0.833. The highest BCUT2D eigenvalue weighted by Gasteiger charge is 2.37. The molecule has 0 spiro atoms. The van der Waals surface area contributed by atoms with Crippen molar-refractivity contribution in [3.05, 3.63) is 77.2 Å². The highest BCUT2D eigenvalue weighted by atomic mass is 19.1. The second kappa shape index (κ2) is 6.62. The number of hydrogen-bond acceptors (Lipinski definition) is 4. The normalized spacial score (nSPS) is 15.8. The zero-order chi connectivity index (χ0) is 21.0. The molecule has 0 saturated carbocycles. The van der Waals surface area contributed by atoms with Crippen LogP contribution in [-0.2, 0) is 4.79 Å². The summed E-state index contributed by atoms with van der Waals surface area (Å²) < 4.78 is 34.6. The quantitative estimate of drug-likeness (QED) is 0.507. The van der Waals surface area contributed by atoms with E-state index in [0.717, 1.165) is 17.5 Å². The molecule has 0 fully saturated rings. The molecule has 6 nitrogen and oxygen atoms in total. The van der Waals surface area contributed by atoms with Crippen LogP contribution in [0.25, 0.3) is 16.7 Å². The van der Waals surface area contributed by atoms with E-state index >= 15 is 0 Å². The minimum Gasteiger partial charge on any atom is -0.453 e. The van der Waals surface area contributed by atoms with Gasteiger partial charge in [0, 0.05) is 23.4 Å². The number of rotatable bonds is 3. The number of nitrogens with one attached hydrogen (secondary N) is 1. The first-order chi connectivity index (χ1) is 14.4. The fourth-order valence-electron chi connectivity index (χ4n) is 3.87. The molecule has 1 amide bonds. The Balaban J connectivity index is 1.62. The summed E-state index contributed by atoms with van der Waals surface area (Å²) in [6.07, 6.45) is -0.0820. The standard InChI is InChI=1S/C22H15F2N3O3/c1-11-20-14(21(29)18-8-12-4-2-3-5-17(12)30-18)10-19(28)25-22(20)27(26-11)16-7-6-13(23)9-15(16)24/h2-9,14H,10H2,1H3,(H,25,28)/t14-/m1/s1. The number of carbonyl (C=O) groups is 2. The number of Topliss-reactive ketones (excluding diaryl/α,β-unsaturated/α-hetero) is 1. The van der Waals surface area contributed by atoms with Gasteiger partial charge >= 0.3 is 0 Å². The van der Waals surface area contributed by atoms with E-state index in [1.165, 1.54) is 10.7 Å². The van der Waals surface area contributed by atoms with Gasteiger partial charge in [-0.3, -0.25) is 9.59 Å². The molecule has 0 aliphatic carbocycles. The second-order valence-corrected chi connectivity index (χ2v) is 7.17. The van der Waals surface area contributed by atoms with Crippen LogP contribution in [0.5, 0.6) is 0 Å². The van der Waals surface area contributed by atoms with E-state index in [1.54, 1.807) is 25.1 Å². The van der Waals surface area contributed by atoms with Crippen molar-refractivity contribution in [1.82, 2.24) is 9.78 Å². The third-order valence-corrected chi connectivity index (χ3v) is 5.23. The number of anilines is 1. The maximum absolute atomic E-state index is 14.4. The first kappa shape index (κ1) is 18.2. The lowest BCUT2D eigenvalue weighted by molar-refractivity contribution is -0.116. The van der Waals surface area contributed by atoms with Gasteiger partial charge in [-0.1, -0.05) is 18.2 Å². The third kappa shape index (κ3) is 2.80. The molecule has 4 aromatic rings. The topological polar surface area (TPSA) is 77.1 Å². The van der Waals surface area contributed by atoms with Gasteiger partial charge in [0.15, 0.2) is 11.6 Å². The molecule has 1 N–H and O–H groups in total. The Morgan fingerprint density at radius 3 is 2.77 bits per heavy atom. The lowest BCUT2D eigenvalue weighted by atomic mass is 9.87. The highest BCUT2D eigenvalue weighted by molar-refractivity contribution is 6.08. The summed E-state index contributed by atoms with van der Waals surface area (Å²) in [6, 6.07) is 11.9. The Hall–Kier alpha value is -3.81. The lowest BCUT2D eigenvalue weighted by Gasteiger charge is -2.22. The van der Waals surface area contributed by atoms with Crippen LogP contribution >= 0.6 is 0 Å². The fraction of sp³-hybridized carbons (Fsp3) is 0.136. The van der Waals surface area contributed by atoms with Crippen molar-refractivity contribution in [3.63, 3.8) is 0 Å². The summed E-state index contributed by atoms with van der Waals surface area (Å²) in [5.41, 5.74) is 1.49. The van der Waals surface area contributed by atoms with Gasteiger partial charge in [-0.15, -0.1) is 0 Å². The molecule has 0 bridgehead atoms. The van der Waals surface area contributed by atoms with Gasteiger partial charge in [-0.2, -0.15) is 5.10 Å². The van der Waals surface area contributed by atoms with E-state index in [2.05, 4.69) is 10.4 Å². The zero-order valence-corrected chi connectivity index (χ0v) is 15.8. The van der Waals surface area contributed by atoms with Crippen molar-refractivity contribution in [3.8, 4) is 5.69 Å². The summed E-state index contributed by atoms with van der Waals surface area (Å²) in [6.45, 7) is 1.67. The first-order valence-electron chi connectivity index (χ1n) is 9.30. The van der Waals surface area contributed by atoms with Gasteiger partial charge in [0.25, 0.3) is 0 Å². The number of hydrogen-bond donors (Lipinski definition) is 1. The smallest absolute Gasteiger partial charge is 0.226 e. The van der Waals surface area contributed by atoms with Gasteiger partial charge in [0.05, 0.1) is 11.6 Å². The van der Waals surface area contributed by atoms with Crippen LogP contribution in [0.1, 0.15) is 34.2 Å².